The van der Waals surface area contributed by atoms with Crippen molar-refractivity contribution in [3.8, 4) is 0 Å². The molecular weight excluding hydrogens is 555 g/mol. The molecule has 1 heterocycles. The quantitative estimate of drug-likeness (QED) is 0.0538. The van der Waals surface area contributed by atoms with Crippen LogP contribution in [0, 0.1) is 0 Å². The van der Waals surface area contributed by atoms with Crippen molar-refractivity contribution in [2.45, 2.75) is 154 Å². The van der Waals surface area contributed by atoms with Crippen LogP contribution < -0.4 is 0 Å². The van der Waals surface area contributed by atoms with Crippen molar-refractivity contribution < 1.29 is 28.0 Å². The average Bonchev–Trinajstić information content (AvgIpc) is 2.90. The van der Waals surface area contributed by atoms with E-state index in [0.29, 0.717) is 11.9 Å². The molecule has 0 aromatic heterocycles. The summed E-state index contributed by atoms with van der Waals surface area (Å²) in [5.41, 5.74) is 0. The van der Waals surface area contributed by atoms with E-state index >= 15 is 0 Å². The molecule has 0 spiro atoms. The molecule has 0 aromatic carbocycles. The van der Waals surface area contributed by atoms with Crippen molar-refractivity contribution >= 4 is 23.8 Å². The maximum atomic E-state index is 11.5. The normalized spacial score (nSPS) is 17.7. The van der Waals surface area contributed by atoms with Gasteiger partial charge < -0.3 is 14.4 Å². The number of hydrogen-bond acceptors (Lipinski definition) is 5. The Morgan fingerprint density at radius 2 is 1.03 bits per heavy atom. The Labute approximate surface area is 237 Å². The van der Waals surface area contributed by atoms with Gasteiger partial charge in [-0.15, -0.1) is 0 Å². The highest BCUT2D eigenvalue weighted by Gasteiger charge is 2.19. The van der Waals surface area contributed by atoms with Crippen LogP contribution in [0.5, 0.6) is 0 Å². The van der Waals surface area contributed by atoms with Gasteiger partial charge >= 0.3 is 7.82 Å². The number of unbranched alkanes of at least 4 members (excludes halogenated alkanes) is 19. The summed E-state index contributed by atoms with van der Waals surface area (Å²) < 4.78 is 32.6. The first-order valence-corrected chi connectivity index (χ1v) is 18.2. The molecule has 0 amide bonds. The molecule has 37 heavy (non-hydrogen) atoms. The van der Waals surface area contributed by atoms with Gasteiger partial charge in [-0.2, -0.15) is 0 Å². The number of phosphoric ester groups is 1. The van der Waals surface area contributed by atoms with Crippen LogP contribution >= 0.6 is 23.8 Å². The predicted molar refractivity (Wildman–Crippen MR) is 157 cm³/mol. The van der Waals surface area contributed by atoms with E-state index in [9.17, 15) is 9.46 Å². The maximum Gasteiger partial charge on any atom is 0.472 e. The Morgan fingerprint density at radius 1 is 0.622 bits per heavy atom. The number of ether oxygens (including phenoxy) is 2. The Balaban J connectivity index is 1.66. The fourth-order valence-corrected chi connectivity index (χ4v) is 5.98. The molecule has 1 aliphatic rings. The van der Waals surface area contributed by atoms with E-state index in [2.05, 4.69) is 15.9 Å². The van der Waals surface area contributed by atoms with Crippen molar-refractivity contribution in [2.24, 2.45) is 0 Å². The van der Waals surface area contributed by atoms with E-state index in [1.807, 2.05) is 0 Å². The zero-order valence-electron chi connectivity index (χ0n) is 23.7. The molecule has 6 nitrogen and oxygen atoms in total. The minimum absolute atomic E-state index is 0.0800. The lowest BCUT2D eigenvalue weighted by atomic mass is 10.0. The first-order chi connectivity index (χ1) is 18.1. The van der Waals surface area contributed by atoms with Gasteiger partial charge in [0.15, 0.2) is 6.29 Å². The lowest BCUT2D eigenvalue weighted by molar-refractivity contribution is -0.162. The molecule has 0 saturated carbocycles. The lowest BCUT2D eigenvalue weighted by Gasteiger charge is -2.22. The van der Waals surface area contributed by atoms with Crippen LogP contribution in [0.2, 0.25) is 0 Å². The number of phosphoric acid groups is 1. The number of halogens is 1. The standard InChI is InChI=1S/C29H58BrO6P/c30-24-28-36-37(31,32)35-27-21-18-16-14-12-10-8-6-4-2-1-3-5-7-9-11-13-15-17-20-25-33-29-23-19-22-26-34-29/h29H,1-28H2,(H,31,32). The summed E-state index contributed by atoms with van der Waals surface area (Å²) in [4.78, 5) is 9.43. The van der Waals surface area contributed by atoms with Crippen LogP contribution in [0.1, 0.15) is 148 Å². The third-order valence-electron chi connectivity index (χ3n) is 7.07. The topological polar surface area (TPSA) is 74.2 Å². The summed E-state index contributed by atoms with van der Waals surface area (Å²) in [6, 6.07) is 0. The summed E-state index contributed by atoms with van der Waals surface area (Å²) in [6.45, 7) is 2.22. The molecule has 0 aromatic rings. The third-order valence-corrected chi connectivity index (χ3v) is 8.41. The number of rotatable bonds is 28. The van der Waals surface area contributed by atoms with Gasteiger partial charge in [0.2, 0.25) is 0 Å². The van der Waals surface area contributed by atoms with Crippen molar-refractivity contribution in [2.75, 3.05) is 31.8 Å². The molecule has 2 atom stereocenters. The van der Waals surface area contributed by atoms with Gasteiger partial charge in [-0.1, -0.05) is 132 Å². The van der Waals surface area contributed by atoms with E-state index < -0.39 is 7.82 Å². The number of alkyl halides is 1. The minimum atomic E-state index is -3.85. The first kappa shape index (κ1) is 35.5. The first-order valence-electron chi connectivity index (χ1n) is 15.5. The molecule has 1 N–H and O–H groups in total. The molecule has 0 aliphatic carbocycles. The van der Waals surface area contributed by atoms with E-state index in [4.69, 9.17) is 18.5 Å². The van der Waals surface area contributed by atoms with E-state index in [0.717, 1.165) is 32.5 Å². The maximum absolute atomic E-state index is 11.5. The van der Waals surface area contributed by atoms with Gasteiger partial charge in [-0.3, -0.25) is 9.05 Å². The minimum Gasteiger partial charge on any atom is -0.353 e. The Morgan fingerprint density at radius 3 is 1.43 bits per heavy atom. The van der Waals surface area contributed by atoms with Gasteiger partial charge in [-0.25, -0.2) is 4.57 Å². The zero-order valence-corrected chi connectivity index (χ0v) is 26.2. The fraction of sp³-hybridized carbons (Fsp3) is 1.00. The van der Waals surface area contributed by atoms with Gasteiger partial charge in [0.25, 0.3) is 0 Å². The molecule has 8 heteroatoms. The molecule has 0 bridgehead atoms. The second-order valence-electron chi connectivity index (χ2n) is 10.6. The van der Waals surface area contributed by atoms with Crippen molar-refractivity contribution in [1.82, 2.24) is 0 Å². The van der Waals surface area contributed by atoms with Gasteiger partial charge in [0, 0.05) is 18.5 Å². The van der Waals surface area contributed by atoms with Crippen LogP contribution in [0.15, 0.2) is 0 Å². The molecule has 0 radical (unpaired) electrons. The summed E-state index contributed by atoms with van der Waals surface area (Å²) in [5, 5.41) is 0.524. The lowest BCUT2D eigenvalue weighted by Crippen LogP contribution is -2.22. The van der Waals surface area contributed by atoms with Crippen molar-refractivity contribution in [3.05, 3.63) is 0 Å². The van der Waals surface area contributed by atoms with E-state index in [-0.39, 0.29) is 12.9 Å². The highest BCUT2D eigenvalue weighted by atomic mass is 79.9. The second-order valence-corrected chi connectivity index (χ2v) is 12.8. The second kappa shape index (κ2) is 26.7. The largest absolute Gasteiger partial charge is 0.472 e. The van der Waals surface area contributed by atoms with Crippen molar-refractivity contribution in [1.29, 1.82) is 0 Å². The van der Waals surface area contributed by atoms with Gasteiger partial charge in [0.05, 0.1) is 13.2 Å². The SMILES string of the molecule is O=P(O)(OCCBr)OCCCCCCCCCCCCCCCCCCCCCCOC1CCCCO1. The average molecular weight is 614 g/mol. The molecule has 1 rings (SSSR count). The zero-order chi connectivity index (χ0) is 26.7. The Bertz CT molecular complexity index is 519. The molecule has 1 fully saturated rings. The van der Waals surface area contributed by atoms with Crippen LogP contribution in [0.25, 0.3) is 0 Å². The molecule has 1 aliphatic heterocycles. The van der Waals surface area contributed by atoms with Crippen molar-refractivity contribution in [3.63, 3.8) is 0 Å². The van der Waals surface area contributed by atoms with Gasteiger partial charge in [0.1, 0.15) is 0 Å². The molecule has 2 unspecified atom stereocenters. The number of hydrogen-bond donors (Lipinski definition) is 1. The monoisotopic (exact) mass is 612 g/mol. The highest BCUT2D eigenvalue weighted by molar-refractivity contribution is 9.09. The summed E-state index contributed by atoms with van der Waals surface area (Å²) in [7, 11) is -3.85. The van der Waals surface area contributed by atoms with E-state index in [1.165, 1.54) is 128 Å². The Kier molecular flexibility index (Phi) is 25.7. The fourth-order valence-electron chi connectivity index (χ4n) is 4.81. The molecule has 1 saturated heterocycles. The van der Waals surface area contributed by atoms with Crippen LogP contribution in [0.3, 0.4) is 0 Å². The van der Waals surface area contributed by atoms with Crippen LogP contribution in [-0.4, -0.2) is 42.9 Å². The van der Waals surface area contributed by atoms with Gasteiger partial charge in [-0.05, 0) is 32.1 Å². The van der Waals surface area contributed by atoms with E-state index in [1.54, 1.807) is 0 Å². The third kappa shape index (κ3) is 25.2. The summed E-state index contributed by atoms with van der Waals surface area (Å²) >= 11 is 3.16. The van der Waals surface area contributed by atoms with Crippen LogP contribution in [-0.2, 0) is 23.1 Å². The highest BCUT2D eigenvalue weighted by Crippen LogP contribution is 2.43. The summed E-state index contributed by atoms with van der Waals surface area (Å²) in [6.07, 6.45) is 29.8. The predicted octanol–water partition coefficient (Wildman–Crippen LogP) is 9.86. The van der Waals surface area contributed by atoms with Crippen LogP contribution in [0.4, 0.5) is 0 Å². The summed E-state index contributed by atoms with van der Waals surface area (Å²) in [5.74, 6) is 0. The smallest absolute Gasteiger partial charge is 0.353 e. The Hall–Kier alpha value is 0.510. The molecule has 222 valence electrons. The molecular formula is C29H58BrO6P.